The second-order valence-electron chi connectivity index (χ2n) is 3.74. The molecule has 0 aliphatic carbocycles. The lowest BCUT2D eigenvalue weighted by Gasteiger charge is -2.33. The van der Waals surface area contributed by atoms with Crippen molar-refractivity contribution >= 4 is 23.2 Å². The van der Waals surface area contributed by atoms with E-state index in [4.69, 9.17) is 23.2 Å². The molecule has 1 aliphatic heterocycles. The van der Waals surface area contributed by atoms with Crippen LogP contribution in [0.15, 0.2) is 12.3 Å². The number of piperazine rings is 1. The summed E-state index contributed by atoms with van der Waals surface area (Å²) in [5.41, 5.74) is 1.11. The number of hydrogen-bond acceptors (Lipinski definition) is 3. The first-order valence-electron chi connectivity index (χ1n) is 4.90. The Kier molecular flexibility index (Phi) is 3.46. The van der Waals surface area contributed by atoms with Crippen molar-refractivity contribution in [3.05, 3.63) is 28.0 Å². The van der Waals surface area contributed by atoms with Crippen molar-refractivity contribution in [2.75, 3.05) is 26.7 Å². The third-order valence-electron chi connectivity index (χ3n) is 2.71. The first-order valence-corrected chi connectivity index (χ1v) is 5.66. The highest BCUT2D eigenvalue weighted by Gasteiger charge is 2.21. The van der Waals surface area contributed by atoms with Gasteiger partial charge in [-0.3, -0.25) is 4.90 Å². The summed E-state index contributed by atoms with van der Waals surface area (Å²) in [4.78, 5) is 6.36. The number of aromatic nitrogens is 1. The molecule has 1 aromatic heterocycles. The van der Waals surface area contributed by atoms with E-state index in [9.17, 15) is 0 Å². The van der Waals surface area contributed by atoms with Crippen molar-refractivity contribution in [1.82, 2.24) is 15.2 Å². The number of likely N-dealkylation sites (N-methyl/N-ethyl adjacent to an activating group) is 1. The topological polar surface area (TPSA) is 28.2 Å². The van der Waals surface area contributed by atoms with E-state index < -0.39 is 0 Å². The van der Waals surface area contributed by atoms with Crippen LogP contribution in [-0.4, -0.2) is 36.6 Å². The lowest BCUT2D eigenvalue weighted by atomic mass is 10.1. The van der Waals surface area contributed by atoms with Gasteiger partial charge in [0.15, 0.2) is 0 Å². The summed E-state index contributed by atoms with van der Waals surface area (Å²) in [5, 5.41) is 4.24. The zero-order valence-electron chi connectivity index (χ0n) is 8.50. The zero-order valence-corrected chi connectivity index (χ0v) is 10.0. The predicted molar refractivity (Wildman–Crippen MR) is 62.5 cm³/mol. The molecule has 5 heteroatoms. The fourth-order valence-electron chi connectivity index (χ4n) is 1.80. The molecule has 2 heterocycles. The van der Waals surface area contributed by atoms with Crippen molar-refractivity contribution in [3.63, 3.8) is 0 Å². The maximum atomic E-state index is 5.95. The van der Waals surface area contributed by atoms with Gasteiger partial charge in [0.05, 0.1) is 5.02 Å². The Labute approximate surface area is 99.4 Å². The van der Waals surface area contributed by atoms with E-state index in [0.717, 1.165) is 25.2 Å². The van der Waals surface area contributed by atoms with Gasteiger partial charge < -0.3 is 5.32 Å². The average molecular weight is 246 g/mol. The molecule has 0 aromatic carbocycles. The first kappa shape index (κ1) is 11.1. The molecule has 2 rings (SSSR count). The van der Waals surface area contributed by atoms with Crippen molar-refractivity contribution in [1.29, 1.82) is 0 Å². The van der Waals surface area contributed by atoms with Gasteiger partial charge in [-0.05, 0) is 18.7 Å². The number of hydrogen-bond donors (Lipinski definition) is 1. The summed E-state index contributed by atoms with van der Waals surface area (Å²) in [6.07, 6.45) is 1.79. The van der Waals surface area contributed by atoms with Gasteiger partial charge in [-0.1, -0.05) is 23.2 Å². The molecule has 82 valence electrons. The van der Waals surface area contributed by atoms with Crippen LogP contribution in [0.3, 0.4) is 0 Å². The molecule has 0 bridgehead atoms. The van der Waals surface area contributed by atoms with Crippen molar-refractivity contribution in [2.24, 2.45) is 0 Å². The van der Waals surface area contributed by atoms with Crippen LogP contribution in [0.25, 0.3) is 0 Å². The molecule has 0 amide bonds. The molecule has 1 aromatic rings. The Morgan fingerprint density at radius 2 is 2.33 bits per heavy atom. The minimum absolute atomic E-state index is 0.334. The van der Waals surface area contributed by atoms with Crippen LogP contribution in [0.5, 0.6) is 0 Å². The van der Waals surface area contributed by atoms with E-state index in [1.54, 1.807) is 6.20 Å². The van der Waals surface area contributed by atoms with Crippen LogP contribution < -0.4 is 5.32 Å². The van der Waals surface area contributed by atoms with Gasteiger partial charge in [-0.15, -0.1) is 0 Å². The normalized spacial score (nSPS) is 23.0. The third kappa shape index (κ3) is 2.42. The first-order chi connectivity index (χ1) is 7.18. The minimum atomic E-state index is 0.334. The Morgan fingerprint density at radius 1 is 1.53 bits per heavy atom. The zero-order chi connectivity index (χ0) is 10.8. The lowest BCUT2D eigenvalue weighted by molar-refractivity contribution is 0.202. The van der Waals surface area contributed by atoms with Crippen molar-refractivity contribution in [3.8, 4) is 0 Å². The molecular weight excluding hydrogens is 233 g/mol. The average Bonchev–Trinajstić information content (AvgIpc) is 2.23. The molecule has 1 aliphatic rings. The second-order valence-corrected chi connectivity index (χ2v) is 4.51. The fourth-order valence-corrected chi connectivity index (χ4v) is 2.07. The highest BCUT2D eigenvalue weighted by atomic mass is 35.5. The van der Waals surface area contributed by atoms with Gasteiger partial charge in [0.25, 0.3) is 0 Å². The SMILES string of the molecule is CN1CCNCC1c1cnc(Cl)c(Cl)c1. The Balaban J connectivity index is 2.24. The second kappa shape index (κ2) is 4.66. The summed E-state index contributed by atoms with van der Waals surface area (Å²) in [6.45, 7) is 2.99. The molecule has 0 saturated carbocycles. The molecule has 0 spiro atoms. The quantitative estimate of drug-likeness (QED) is 0.768. The molecule has 1 N–H and O–H groups in total. The van der Waals surface area contributed by atoms with E-state index in [2.05, 4.69) is 22.2 Å². The Bertz CT molecular complexity index is 357. The van der Waals surface area contributed by atoms with E-state index in [1.165, 1.54) is 0 Å². The summed E-state index contributed by atoms with van der Waals surface area (Å²) >= 11 is 11.7. The van der Waals surface area contributed by atoms with Gasteiger partial charge >= 0.3 is 0 Å². The summed E-state index contributed by atoms with van der Waals surface area (Å²) < 4.78 is 0. The van der Waals surface area contributed by atoms with Gasteiger partial charge in [-0.25, -0.2) is 4.98 Å². The van der Waals surface area contributed by atoms with E-state index in [0.29, 0.717) is 16.2 Å². The monoisotopic (exact) mass is 245 g/mol. The van der Waals surface area contributed by atoms with Crippen LogP contribution in [0.4, 0.5) is 0 Å². The number of rotatable bonds is 1. The number of halogens is 2. The third-order valence-corrected chi connectivity index (χ3v) is 3.40. The molecule has 1 saturated heterocycles. The van der Waals surface area contributed by atoms with Crippen LogP contribution in [0.2, 0.25) is 10.2 Å². The molecule has 0 radical (unpaired) electrons. The summed E-state index contributed by atoms with van der Waals surface area (Å²) in [7, 11) is 2.11. The van der Waals surface area contributed by atoms with Gasteiger partial charge in [-0.2, -0.15) is 0 Å². The minimum Gasteiger partial charge on any atom is -0.314 e. The van der Waals surface area contributed by atoms with Crippen LogP contribution >= 0.6 is 23.2 Å². The Hall–Kier alpha value is -0.350. The maximum absolute atomic E-state index is 5.95. The summed E-state index contributed by atoms with van der Waals surface area (Å²) in [6, 6.07) is 2.23. The van der Waals surface area contributed by atoms with Crippen LogP contribution in [0, 0.1) is 0 Å². The number of pyridine rings is 1. The smallest absolute Gasteiger partial charge is 0.147 e. The van der Waals surface area contributed by atoms with Gasteiger partial charge in [0, 0.05) is 31.9 Å². The molecule has 3 nitrogen and oxygen atoms in total. The maximum Gasteiger partial charge on any atom is 0.147 e. The fraction of sp³-hybridized carbons (Fsp3) is 0.500. The van der Waals surface area contributed by atoms with Crippen molar-refractivity contribution in [2.45, 2.75) is 6.04 Å². The number of nitrogens with one attached hydrogen (secondary N) is 1. The van der Waals surface area contributed by atoms with E-state index in [1.807, 2.05) is 6.07 Å². The lowest BCUT2D eigenvalue weighted by Crippen LogP contribution is -2.43. The standard InChI is InChI=1S/C10H13Cl2N3/c1-15-3-2-13-6-9(15)7-4-8(11)10(12)14-5-7/h4-5,9,13H,2-3,6H2,1H3. The number of nitrogens with zero attached hydrogens (tertiary/aromatic N) is 2. The van der Waals surface area contributed by atoms with Gasteiger partial charge in [0.2, 0.25) is 0 Å². The van der Waals surface area contributed by atoms with Crippen LogP contribution in [0.1, 0.15) is 11.6 Å². The van der Waals surface area contributed by atoms with Gasteiger partial charge in [0.1, 0.15) is 5.15 Å². The van der Waals surface area contributed by atoms with Crippen LogP contribution in [-0.2, 0) is 0 Å². The predicted octanol–water partition coefficient (Wildman–Crippen LogP) is 1.96. The highest BCUT2D eigenvalue weighted by molar-refractivity contribution is 6.41. The highest BCUT2D eigenvalue weighted by Crippen LogP contribution is 2.26. The van der Waals surface area contributed by atoms with Crippen molar-refractivity contribution < 1.29 is 0 Å². The largest absolute Gasteiger partial charge is 0.314 e. The molecule has 1 fully saturated rings. The molecular formula is C10H13Cl2N3. The molecule has 15 heavy (non-hydrogen) atoms. The Morgan fingerprint density at radius 3 is 3.00 bits per heavy atom. The molecule has 1 unspecified atom stereocenters. The molecule has 1 atom stereocenters. The summed E-state index contributed by atoms with van der Waals surface area (Å²) in [5.74, 6) is 0. The van der Waals surface area contributed by atoms with E-state index in [-0.39, 0.29) is 0 Å². The van der Waals surface area contributed by atoms with E-state index >= 15 is 0 Å².